The highest BCUT2D eigenvalue weighted by Crippen LogP contribution is 2.40. The minimum Gasteiger partial charge on any atom is -0.449 e. The van der Waals surface area contributed by atoms with Gasteiger partial charge in [0.1, 0.15) is 6.04 Å². The molecule has 2 amide bonds. The van der Waals surface area contributed by atoms with Crippen molar-refractivity contribution in [3.63, 3.8) is 0 Å². The molecule has 3 aliphatic rings. The minimum atomic E-state index is -0.275. The van der Waals surface area contributed by atoms with Gasteiger partial charge in [-0.05, 0) is 38.0 Å². The van der Waals surface area contributed by atoms with Gasteiger partial charge in [0.05, 0.1) is 6.61 Å². The predicted molar refractivity (Wildman–Crippen MR) is 83.4 cm³/mol. The van der Waals surface area contributed by atoms with Crippen molar-refractivity contribution in [2.24, 2.45) is 5.92 Å². The first-order chi connectivity index (χ1) is 10.7. The monoisotopic (exact) mass is 308 g/mol. The van der Waals surface area contributed by atoms with Crippen LogP contribution in [-0.4, -0.2) is 53.6 Å². The van der Waals surface area contributed by atoms with Crippen molar-refractivity contribution in [2.45, 2.75) is 70.4 Å². The van der Waals surface area contributed by atoms with Crippen LogP contribution in [0.5, 0.6) is 0 Å². The smallest absolute Gasteiger partial charge is 0.410 e. The average Bonchev–Trinajstić information content (AvgIpc) is 2.85. The van der Waals surface area contributed by atoms with E-state index in [1.807, 2.05) is 4.90 Å². The molecule has 22 heavy (non-hydrogen) atoms. The molecule has 2 aliphatic heterocycles. The van der Waals surface area contributed by atoms with Crippen LogP contribution in [0.15, 0.2) is 0 Å². The van der Waals surface area contributed by atoms with E-state index < -0.39 is 0 Å². The van der Waals surface area contributed by atoms with Crippen molar-refractivity contribution in [3.8, 4) is 0 Å². The molecule has 1 saturated carbocycles. The van der Waals surface area contributed by atoms with Crippen molar-refractivity contribution in [3.05, 3.63) is 0 Å². The number of carbonyl (C=O) groups excluding carboxylic acids is 2. The Kier molecular flexibility index (Phi) is 4.89. The normalized spacial score (nSPS) is 30.7. The number of carbonyl (C=O) groups is 2. The van der Waals surface area contributed by atoms with Crippen LogP contribution >= 0.6 is 0 Å². The topological polar surface area (TPSA) is 49.9 Å². The SMILES string of the molecule is CCCCOC(=O)N1C(C(=O)N2CCC2)CC2CCCCC21. The first-order valence-corrected chi connectivity index (χ1v) is 8.96. The summed E-state index contributed by atoms with van der Waals surface area (Å²) in [6.45, 7) is 4.25. The molecular weight excluding hydrogens is 280 g/mol. The summed E-state index contributed by atoms with van der Waals surface area (Å²) in [6.07, 6.45) is 8.12. The van der Waals surface area contributed by atoms with E-state index in [4.69, 9.17) is 4.74 Å². The number of hydrogen-bond donors (Lipinski definition) is 0. The second-order valence-electron chi connectivity index (χ2n) is 6.92. The number of amides is 2. The molecule has 2 saturated heterocycles. The Morgan fingerprint density at radius 3 is 2.59 bits per heavy atom. The lowest BCUT2D eigenvalue weighted by molar-refractivity contribution is -0.139. The quantitative estimate of drug-likeness (QED) is 0.750. The van der Waals surface area contributed by atoms with Crippen LogP contribution in [0.2, 0.25) is 0 Å². The highest BCUT2D eigenvalue weighted by Gasteiger charge is 2.49. The average molecular weight is 308 g/mol. The van der Waals surface area contributed by atoms with Gasteiger partial charge in [0.15, 0.2) is 0 Å². The van der Waals surface area contributed by atoms with Crippen molar-refractivity contribution in [1.82, 2.24) is 9.80 Å². The third-order valence-electron chi connectivity index (χ3n) is 5.48. The lowest BCUT2D eigenvalue weighted by Gasteiger charge is -2.37. The summed E-state index contributed by atoms with van der Waals surface area (Å²) in [5.41, 5.74) is 0. The van der Waals surface area contributed by atoms with Gasteiger partial charge in [0, 0.05) is 19.1 Å². The third kappa shape index (κ3) is 2.95. The van der Waals surface area contributed by atoms with Gasteiger partial charge in [0.2, 0.25) is 5.91 Å². The molecule has 5 nitrogen and oxygen atoms in total. The molecule has 5 heteroatoms. The molecule has 1 aliphatic carbocycles. The van der Waals surface area contributed by atoms with Gasteiger partial charge < -0.3 is 9.64 Å². The molecule has 0 N–H and O–H groups in total. The first-order valence-electron chi connectivity index (χ1n) is 8.96. The molecule has 124 valence electrons. The van der Waals surface area contributed by atoms with Gasteiger partial charge in [-0.15, -0.1) is 0 Å². The Labute approximate surface area is 133 Å². The zero-order valence-corrected chi connectivity index (χ0v) is 13.6. The zero-order chi connectivity index (χ0) is 15.5. The van der Waals surface area contributed by atoms with Crippen molar-refractivity contribution < 1.29 is 14.3 Å². The molecule has 3 rings (SSSR count). The Morgan fingerprint density at radius 2 is 1.91 bits per heavy atom. The zero-order valence-electron chi connectivity index (χ0n) is 13.6. The number of ether oxygens (including phenoxy) is 1. The highest BCUT2D eigenvalue weighted by molar-refractivity contribution is 5.87. The second-order valence-corrected chi connectivity index (χ2v) is 6.92. The predicted octanol–water partition coefficient (Wildman–Crippen LogP) is 2.79. The van der Waals surface area contributed by atoms with Gasteiger partial charge in [-0.2, -0.15) is 0 Å². The Bertz CT molecular complexity index is 422. The summed E-state index contributed by atoms with van der Waals surface area (Å²) in [4.78, 5) is 28.9. The fourth-order valence-electron chi connectivity index (χ4n) is 4.07. The standard InChI is InChI=1S/C17H28N2O3/c1-2-3-11-22-17(21)19-14-8-5-4-7-13(14)12-15(19)16(20)18-9-6-10-18/h13-15H,2-12H2,1H3. The van der Waals surface area contributed by atoms with Crippen LogP contribution in [0, 0.1) is 5.92 Å². The summed E-state index contributed by atoms with van der Waals surface area (Å²) < 4.78 is 5.44. The summed E-state index contributed by atoms with van der Waals surface area (Å²) in [5, 5.41) is 0. The highest BCUT2D eigenvalue weighted by atomic mass is 16.6. The van der Waals surface area contributed by atoms with E-state index in [0.717, 1.165) is 58.0 Å². The Morgan fingerprint density at radius 1 is 1.14 bits per heavy atom. The minimum absolute atomic E-state index is 0.146. The van der Waals surface area contributed by atoms with Crippen molar-refractivity contribution >= 4 is 12.0 Å². The molecule has 3 atom stereocenters. The van der Waals surface area contributed by atoms with Crippen LogP contribution in [0.4, 0.5) is 4.79 Å². The molecule has 0 bridgehead atoms. The fourth-order valence-corrected chi connectivity index (χ4v) is 4.07. The molecule has 0 aromatic rings. The van der Waals surface area contributed by atoms with E-state index in [1.54, 1.807) is 4.90 Å². The number of hydrogen-bond acceptors (Lipinski definition) is 3. The van der Waals surface area contributed by atoms with Crippen LogP contribution in [-0.2, 0) is 9.53 Å². The number of fused-ring (bicyclic) bond motifs is 1. The summed E-state index contributed by atoms with van der Waals surface area (Å²) in [5.74, 6) is 0.635. The fraction of sp³-hybridized carbons (Fsp3) is 0.882. The molecular formula is C17H28N2O3. The van der Waals surface area contributed by atoms with E-state index in [-0.39, 0.29) is 24.1 Å². The van der Waals surface area contributed by atoms with Gasteiger partial charge in [-0.25, -0.2) is 4.79 Å². The second kappa shape index (κ2) is 6.88. The van der Waals surface area contributed by atoms with Crippen LogP contribution in [0.1, 0.15) is 58.3 Å². The number of likely N-dealkylation sites (tertiary alicyclic amines) is 2. The summed E-state index contributed by atoms with van der Waals surface area (Å²) in [6, 6.07) is -0.0550. The van der Waals surface area contributed by atoms with E-state index in [0.29, 0.717) is 12.5 Å². The van der Waals surface area contributed by atoms with Gasteiger partial charge in [-0.3, -0.25) is 9.69 Å². The maximum atomic E-state index is 12.7. The van der Waals surface area contributed by atoms with E-state index in [2.05, 4.69) is 6.92 Å². The number of rotatable bonds is 4. The molecule has 2 heterocycles. The van der Waals surface area contributed by atoms with E-state index in [9.17, 15) is 9.59 Å². The van der Waals surface area contributed by atoms with Gasteiger partial charge in [0.25, 0.3) is 0 Å². The summed E-state index contributed by atoms with van der Waals surface area (Å²) in [7, 11) is 0. The lowest BCUT2D eigenvalue weighted by Crippen LogP contribution is -2.54. The molecule has 3 fully saturated rings. The van der Waals surface area contributed by atoms with Crippen LogP contribution < -0.4 is 0 Å². The lowest BCUT2D eigenvalue weighted by atomic mass is 9.84. The molecule has 0 spiro atoms. The maximum absolute atomic E-state index is 12.7. The third-order valence-corrected chi connectivity index (χ3v) is 5.48. The maximum Gasteiger partial charge on any atom is 0.410 e. The van der Waals surface area contributed by atoms with Crippen LogP contribution in [0.3, 0.4) is 0 Å². The van der Waals surface area contributed by atoms with E-state index >= 15 is 0 Å². The Hall–Kier alpha value is -1.26. The van der Waals surface area contributed by atoms with E-state index in [1.165, 1.54) is 6.42 Å². The largest absolute Gasteiger partial charge is 0.449 e. The number of unbranched alkanes of at least 4 members (excludes halogenated alkanes) is 1. The van der Waals surface area contributed by atoms with Gasteiger partial charge in [-0.1, -0.05) is 26.2 Å². The molecule has 0 aromatic heterocycles. The molecule has 3 unspecified atom stereocenters. The van der Waals surface area contributed by atoms with Gasteiger partial charge >= 0.3 is 6.09 Å². The van der Waals surface area contributed by atoms with Crippen molar-refractivity contribution in [1.29, 1.82) is 0 Å². The van der Waals surface area contributed by atoms with Crippen molar-refractivity contribution in [2.75, 3.05) is 19.7 Å². The molecule has 0 aromatic carbocycles. The Balaban J connectivity index is 1.70. The first kappa shape index (κ1) is 15.6. The molecule has 0 radical (unpaired) electrons. The number of nitrogens with zero attached hydrogens (tertiary/aromatic N) is 2. The summed E-state index contributed by atoms with van der Waals surface area (Å²) >= 11 is 0. The van der Waals surface area contributed by atoms with Crippen LogP contribution in [0.25, 0.3) is 0 Å².